The number of hydrazone groups is 1. The minimum atomic E-state index is 0.314. The molecule has 4 nitrogen and oxygen atoms in total. The summed E-state index contributed by atoms with van der Waals surface area (Å²) in [5.41, 5.74) is 4.24. The minimum Gasteiger partial charge on any atom is -0.376 e. The highest BCUT2D eigenvalue weighted by atomic mass is 32.1. The van der Waals surface area contributed by atoms with Gasteiger partial charge in [-0.15, -0.1) is 0 Å². The molecule has 2 fully saturated rings. The number of thiocarbonyl (C=S) groups is 1. The van der Waals surface area contributed by atoms with Crippen LogP contribution in [0.2, 0.25) is 0 Å². The van der Waals surface area contributed by atoms with Crippen LogP contribution in [0.25, 0.3) is 0 Å². The summed E-state index contributed by atoms with van der Waals surface area (Å²) in [5, 5.41) is 8.25. The summed E-state index contributed by atoms with van der Waals surface area (Å²) in [4.78, 5) is 0. The summed E-state index contributed by atoms with van der Waals surface area (Å²) < 4.78 is 5.54. The molecule has 19 heavy (non-hydrogen) atoms. The molecular weight excluding hydrogens is 258 g/mol. The Bertz CT molecular complexity index is 304. The number of nitrogens with one attached hydrogen (secondary N) is 2. The van der Waals surface area contributed by atoms with Crippen molar-refractivity contribution in [1.29, 1.82) is 0 Å². The van der Waals surface area contributed by atoms with E-state index in [1.165, 1.54) is 37.8 Å². The maximum absolute atomic E-state index is 5.54. The van der Waals surface area contributed by atoms with E-state index in [0.717, 1.165) is 38.8 Å². The Kier molecular flexibility index (Phi) is 6.57. The first-order valence-electron chi connectivity index (χ1n) is 7.55. The molecule has 0 spiro atoms. The highest BCUT2D eigenvalue weighted by Gasteiger charge is 2.15. The van der Waals surface area contributed by atoms with E-state index < -0.39 is 0 Å². The number of hydrogen-bond acceptors (Lipinski definition) is 3. The van der Waals surface area contributed by atoms with E-state index in [0.29, 0.717) is 11.2 Å². The van der Waals surface area contributed by atoms with Crippen molar-refractivity contribution in [1.82, 2.24) is 10.7 Å². The van der Waals surface area contributed by atoms with Crippen LogP contribution in [-0.4, -0.2) is 30.1 Å². The van der Waals surface area contributed by atoms with Gasteiger partial charge in [0.2, 0.25) is 0 Å². The fourth-order valence-electron chi connectivity index (χ4n) is 2.61. The zero-order valence-electron chi connectivity index (χ0n) is 11.6. The fourth-order valence-corrected chi connectivity index (χ4v) is 2.74. The van der Waals surface area contributed by atoms with Gasteiger partial charge in [0.15, 0.2) is 5.11 Å². The number of rotatable bonds is 3. The number of ether oxygens (including phenoxy) is 1. The SMILES string of the molecule is S=C(NC[C@H]1CCCO1)NN=C1CCCCCCC1. The highest BCUT2D eigenvalue weighted by molar-refractivity contribution is 7.80. The maximum Gasteiger partial charge on any atom is 0.187 e. The van der Waals surface area contributed by atoms with Crippen molar-refractivity contribution in [3.63, 3.8) is 0 Å². The third kappa shape index (κ3) is 5.87. The van der Waals surface area contributed by atoms with Crippen molar-refractivity contribution in [2.24, 2.45) is 5.10 Å². The van der Waals surface area contributed by atoms with Crippen molar-refractivity contribution >= 4 is 23.0 Å². The molecule has 0 aromatic carbocycles. The lowest BCUT2D eigenvalue weighted by molar-refractivity contribution is 0.114. The summed E-state index contributed by atoms with van der Waals surface area (Å²) in [6.45, 7) is 1.67. The molecule has 1 saturated heterocycles. The summed E-state index contributed by atoms with van der Waals surface area (Å²) >= 11 is 5.23. The normalized spacial score (nSPS) is 24.4. The van der Waals surface area contributed by atoms with Crippen LogP contribution in [0.15, 0.2) is 5.10 Å². The van der Waals surface area contributed by atoms with E-state index in [1.807, 2.05) is 0 Å². The van der Waals surface area contributed by atoms with Gasteiger partial charge < -0.3 is 10.1 Å². The van der Waals surface area contributed by atoms with Gasteiger partial charge in [-0.1, -0.05) is 19.3 Å². The Hall–Kier alpha value is -0.680. The molecule has 0 radical (unpaired) electrons. The summed E-state index contributed by atoms with van der Waals surface area (Å²) in [7, 11) is 0. The Morgan fingerprint density at radius 1 is 1.16 bits per heavy atom. The second-order valence-electron chi connectivity index (χ2n) is 5.40. The Morgan fingerprint density at radius 2 is 1.89 bits per heavy atom. The highest BCUT2D eigenvalue weighted by Crippen LogP contribution is 2.14. The Morgan fingerprint density at radius 3 is 2.58 bits per heavy atom. The Balaban J connectivity index is 1.65. The first-order valence-corrected chi connectivity index (χ1v) is 7.96. The second kappa shape index (κ2) is 8.48. The molecule has 5 heteroatoms. The molecule has 2 rings (SSSR count). The van der Waals surface area contributed by atoms with Crippen LogP contribution in [0.5, 0.6) is 0 Å². The number of nitrogens with zero attached hydrogens (tertiary/aromatic N) is 1. The molecule has 0 aromatic heterocycles. The molecule has 1 atom stereocenters. The quantitative estimate of drug-likeness (QED) is 0.617. The van der Waals surface area contributed by atoms with Crippen molar-refractivity contribution in [3.05, 3.63) is 0 Å². The molecule has 2 aliphatic rings. The zero-order chi connectivity index (χ0) is 13.3. The molecule has 0 amide bonds. The molecular formula is C14H25N3OS. The molecule has 1 saturated carbocycles. The van der Waals surface area contributed by atoms with E-state index in [1.54, 1.807) is 0 Å². The van der Waals surface area contributed by atoms with Crippen molar-refractivity contribution < 1.29 is 4.74 Å². The van der Waals surface area contributed by atoms with Crippen LogP contribution in [0.3, 0.4) is 0 Å². The predicted octanol–water partition coefficient (Wildman–Crippen LogP) is 2.73. The van der Waals surface area contributed by atoms with E-state index in [9.17, 15) is 0 Å². The van der Waals surface area contributed by atoms with Gasteiger partial charge in [0.05, 0.1) is 6.10 Å². The standard InChI is InChI=1S/C14H25N3OS/c19-14(15-11-13-9-6-10-18-13)17-16-12-7-4-2-1-3-5-8-12/h13H,1-11H2,(H2,15,17,19)/t13-/m1/s1. The summed E-state index contributed by atoms with van der Waals surface area (Å²) in [6, 6.07) is 0. The van der Waals surface area contributed by atoms with Crippen LogP contribution in [0.1, 0.15) is 57.8 Å². The molecule has 1 heterocycles. The molecule has 1 aliphatic carbocycles. The van der Waals surface area contributed by atoms with Gasteiger partial charge in [-0.05, 0) is 50.7 Å². The molecule has 108 valence electrons. The lowest BCUT2D eigenvalue weighted by Crippen LogP contribution is -2.37. The van der Waals surface area contributed by atoms with E-state index in [-0.39, 0.29) is 0 Å². The average molecular weight is 283 g/mol. The van der Waals surface area contributed by atoms with Gasteiger partial charge in [-0.2, -0.15) is 5.10 Å². The zero-order valence-corrected chi connectivity index (χ0v) is 12.4. The number of hydrogen-bond donors (Lipinski definition) is 2. The van der Waals surface area contributed by atoms with Crippen LogP contribution in [0, 0.1) is 0 Å². The molecule has 0 bridgehead atoms. The first-order chi connectivity index (χ1) is 9.34. The summed E-state index contributed by atoms with van der Waals surface area (Å²) in [6.07, 6.45) is 11.4. The van der Waals surface area contributed by atoms with Crippen LogP contribution in [-0.2, 0) is 4.74 Å². The van der Waals surface area contributed by atoms with Gasteiger partial charge >= 0.3 is 0 Å². The largest absolute Gasteiger partial charge is 0.376 e. The van der Waals surface area contributed by atoms with Gasteiger partial charge in [0.1, 0.15) is 0 Å². The lowest BCUT2D eigenvalue weighted by atomic mass is 9.99. The van der Waals surface area contributed by atoms with Crippen molar-refractivity contribution in [2.45, 2.75) is 63.9 Å². The third-order valence-electron chi connectivity index (χ3n) is 3.76. The minimum absolute atomic E-state index is 0.314. The van der Waals surface area contributed by atoms with Crippen LogP contribution < -0.4 is 10.7 Å². The van der Waals surface area contributed by atoms with Crippen LogP contribution in [0.4, 0.5) is 0 Å². The molecule has 0 unspecified atom stereocenters. The third-order valence-corrected chi connectivity index (χ3v) is 4.00. The first kappa shape index (κ1) is 14.7. The second-order valence-corrected chi connectivity index (χ2v) is 5.81. The van der Waals surface area contributed by atoms with Gasteiger partial charge in [-0.3, -0.25) is 5.43 Å². The topological polar surface area (TPSA) is 45.6 Å². The van der Waals surface area contributed by atoms with Gasteiger partial charge in [-0.25, -0.2) is 0 Å². The smallest absolute Gasteiger partial charge is 0.187 e. The van der Waals surface area contributed by atoms with E-state index in [4.69, 9.17) is 17.0 Å². The average Bonchev–Trinajstić information content (AvgIpc) is 2.88. The van der Waals surface area contributed by atoms with Crippen LogP contribution >= 0.6 is 12.2 Å². The summed E-state index contributed by atoms with van der Waals surface area (Å²) in [5.74, 6) is 0. The molecule has 1 aliphatic heterocycles. The molecule has 0 aromatic rings. The predicted molar refractivity (Wildman–Crippen MR) is 82.5 cm³/mol. The monoisotopic (exact) mass is 283 g/mol. The van der Waals surface area contributed by atoms with Crippen molar-refractivity contribution in [3.8, 4) is 0 Å². The van der Waals surface area contributed by atoms with E-state index >= 15 is 0 Å². The molecule has 2 N–H and O–H groups in total. The van der Waals surface area contributed by atoms with Gasteiger partial charge in [0.25, 0.3) is 0 Å². The lowest BCUT2D eigenvalue weighted by Gasteiger charge is -2.14. The Labute approximate surface area is 121 Å². The maximum atomic E-state index is 5.54. The fraction of sp³-hybridized carbons (Fsp3) is 0.857. The van der Waals surface area contributed by atoms with E-state index in [2.05, 4.69) is 15.8 Å². The van der Waals surface area contributed by atoms with Crippen molar-refractivity contribution in [2.75, 3.05) is 13.2 Å². The van der Waals surface area contributed by atoms with Gasteiger partial charge in [0, 0.05) is 18.9 Å².